The second-order valence-electron chi connectivity index (χ2n) is 2.53. The Hall–Kier alpha value is -1.84. The lowest BCUT2D eigenvalue weighted by atomic mass is 10.3. The van der Waals surface area contributed by atoms with E-state index >= 15 is 0 Å². The molecule has 0 spiro atoms. The minimum absolute atomic E-state index is 0.565. The summed E-state index contributed by atoms with van der Waals surface area (Å²) in [4.78, 5) is 4.08. The van der Waals surface area contributed by atoms with E-state index in [1.54, 1.807) is 36.3 Å². The number of ether oxygens (including phenoxy) is 1. The van der Waals surface area contributed by atoms with E-state index in [1.807, 2.05) is 0 Å². The van der Waals surface area contributed by atoms with Gasteiger partial charge in [-0.2, -0.15) is 5.10 Å². The van der Waals surface area contributed by atoms with Crippen molar-refractivity contribution in [3.8, 4) is 5.88 Å². The molecule has 4 heteroatoms. The Morgan fingerprint density at radius 2 is 2.46 bits per heavy atom. The molecule has 0 fully saturated rings. The highest BCUT2D eigenvalue weighted by Crippen LogP contribution is 2.20. The van der Waals surface area contributed by atoms with Crippen LogP contribution in [-0.4, -0.2) is 21.7 Å². The summed E-state index contributed by atoms with van der Waals surface area (Å²) < 4.78 is 6.82. The lowest BCUT2D eigenvalue weighted by molar-refractivity contribution is 0.400. The first kappa shape index (κ1) is 7.79. The summed E-state index contributed by atoms with van der Waals surface area (Å²) in [6.07, 6.45) is 6.87. The number of rotatable bonds is 2. The van der Waals surface area contributed by atoms with Crippen LogP contribution in [-0.2, 0) is 0 Å². The Morgan fingerprint density at radius 1 is 1.62 bits per heavy atom. The number of fused-ring (bicyclic) bond motifs is 1. The van der Waals surface area contributed by atoms with Gasteiger partial charge in [-0.1, -0.05) is 12.7 Å². The van der Waals surface area contributed by atoms with E-state index in [0.29, 0.717) is 5.88 Å². The van der Waals surface area contributed by atoms with E-state index in [-0.39, 0.29) is 0 Å². The Labute approximate surface area is 75.5 Å². The van der Waals surface area contributed by atoms with Gasteiger partial charge in [0.15, 0.2) is 0 Å². The molecule has 0 atom stereocenters. The molecule has 2 aromatic rings. The fourth-order valence-corrected chi connectivity index (χ4v) is 1.23. The molecule has 0 N–H and O–H groups in total. The van der Waals surface area contributed by atoms with Crippen LogP contribution in [0.4, 0.5) is 0 Å². The van der Waals surface area contributed by atoms with Gasteiger partial charge >= 0.3 is 0 Å². The molecule has 0 aliphatic carbocycles. The van der Waals surface area contributed by atoms with Crippen LogP contribution in [0.5, 0.6) is 5.88 Å². The standard InChI is InChI=1S/C9H9N3O/c1-3-7-6-11-12-5-4-10-9(13-2)8(7)12/h3-6H,1H2,2H3. The number of nitrogens with zero attached hydrogens (tertiary/aromatic N) is 3. The number of hydrogen-bond acceptors (Lipinski definition) is 3. The average Bonchev–Trinajstić information content (AvgIpc) is 2.60. The number of methoxy groups -OCH3 is 1. The summed E-state index contributed by atoms with van der Waals surface area (Å²) >= 11 is 0. The molecule has 0 saturated carbocycles. The van der Waals surface area contributed by atoms with Gasteiger partial charge in [-0.15, -0.1) is 0 Å². The number of hydrogen-bond donors (Lipinski definition) is 0. The molecule has 0 aromatic carbocycles. The van der Waals surface area contributed by atoms with Crippen molar-refractivity contribution < 1.29 is 4.74 Å². The summed E-state index contributed by atoms with van der Waals surface area (Å²) in [5.74, 6) is 0.565. The smallest absolute Gasteiger partial charge is 0.240 e. The van der Waals surface area contributed by atoms with Gasteiger partial charge in [0.1, 0.15) is 5.52 Å². The van der Waals surface area contributed by atoms with Crippen LogP contribution < -0.4 is 4.74 Å². The first-order chi connectivity index (χ1) is 6.36. The van der Waals surface area contributed by atoms with Gasteiger partial charge in [0.2, 0.25) is 5.88 Å². The molecule has 0 aliphatic rings. The molecule has 66 valence electrons. The van der Waals surface area contributed by atoms with Gasteiger partial charge in [0.25, 0.3) is 0 Å². The summed E-state index contributed by atoms with van der Waals surface area (Å²) in [6, 6.07) is 0. The summed E-state index contributed by atoms with van der Waals surface area (Å²) in [5, 5.41) is 4.12. The highest BCUT2D eigenvalue weighted by Gasteiger charge is 2.07. The zero-order valence-corrected chi connectivity index (χ0v) is 7.27. The molecule has 2 heterocycles. The first-order valence-corrected chi connectivity index (χ1v) is 3.85. The molecule has 0 radical (unpaired) electrons. The van der Waals surface area contributed by atoms with Crippen LogP contribution in [0.25, 0.3) is 11.6 Å². The Bertz CT molecular complexity index is 447. The van der Waals surface area contributed by atoms with Gasteiger partial charge in [0, 0.05) is 18.0 Å². The molecule has 0 saturated heterocycles. The molecular formula is C9H9N3O. The molecule has 0 unspecified atom stereocenters. The maximum Gasteiger partial charge on any atom is 0.240 e. The van der Waals surface area contributed by atoms with Crippen molar-refractivity contribution in [1.29, 1.82) is 0 Å². The van der Waals surface area contributed by atoms with Gasteiger partial charge in [-0.3, -0.25) is 0 Å². The Kier molecular flexibility index (Phi) is 1.73. The third-order valence-corrected chi connectivity index (χ3v) is 1.84. The predicted octanol–water partition coefficient (Wildman–Crippen LogP) is 1.38. The fourth-order valence-electron chi connectivity index (χ4n) is 1.23. The average molecular weight is 175 g/mol. The zero-order chi connectivity index (χ0) is 9.26. The first-order valence-electron chi connectivity index (χ1n) is 3.85. The predicted molar refractivity (Wildman–Crippen MR) is 49.6 cm³/mol. The second-order valence-corrected chi connectivity index (χ2v) is 2.53. The molecule has 0 amide bonds. The van der Waals surface area contributed by atoms with Crippen molar-refractivity contribution in [3.05, 3.63) is 30.7 Å². The number of aromatic nitrogens is 3. The van der Waals surface area contributed by atoms with Crippen LogP contribution in [0.1, 0.15) is 5.56 Å². The third-order valence-electron chi connectivity index (χ3n) is 1.84. The lowest BCUT2D eigenvalue weighted by Crippen LogP contribution is -1.93. The summed E-state index contributed by atoms with van der Waals surface area (Å²) in [5.41, 5.74) is 1.77. The van der Waals surface area contributed by atoms with Gasteiger partial charge in [0.05, 0.1) is 13.3 Å². The molecule has 2 aromatic heterocycles. The molecule has 2 rings (SSSR count). The van der Waals surface area contributed by atoms with Crippen molar-refractivity contribution in [2.24, 2.45) is 0 Å². The normalized spacial score (nSPS) is 10.2. The minimum Gasteiger partial charge on any atom is -0.479 e. The van der Waals surface area contributed by atoms with Crippen LogP contribution in [0.15, 0.2) is 25.2 Å². The van der Waals surface area contributed by atoms with Crippen molar-refractivity contribution in [2.45, 2.75) is 0 Å². The molecule has 4 nitrogen and oxygen atoms in total. The van der Waals surface area contributed by atoms with E-state index in [0.717, 1.165) is 11.1 Å². The minimum atomic E-state index is 0.565. The van der Waals surface area contributed by atoms with Crippen molar-refractivity contribution in [1.82, 2.24) is 14.6 Å². The van der Waals surface area contributed by atoms with Crippen LogP contribution >= 0.6 is 0 Å². The Balaban J connectivity index is 2.83. The van der Waals surface area contributed by atoms with Crippen LogP contribution in [0, 0.1) is 0 Å². The van der Waals surface area contributed by atoms with E-state index in [9.17, 15) is 0 Å². The SMILES string of the molecule is C=Cc1cnn2ccnc(OC)c12. The molecule has 0 bridgehead atoms. The Morgan fingerprint density at radius 3 is 3.15 bits per heavy atom. The lowest BCUT2D eigenvalue weighted by Gasteiger charge is -2.00. The van der Waals surface area contributed by atoms with E-state index < -0.39 is 0 Å². The molecule has 13 heavy (non-hydrogen) atoms. The highest BCUT2D eigenvalue weighted by atomic mass is 16.5. The molecule has 0 aliphatic heterocycles. The fraction of sp³-hybridized carbons (Fsp3) is 0.111. The van der Waals surface area contributed by atoms with Crippen molar-refractivity contribution >= 4 is 11.6 Å². The quantitative estimate of drug-likeness (QED) is 0.692. The van der Waals surface area contributed by atoms with E-state index in [4.69, 9.17) is 4.74 Å². The zero-order valence-electron chi connectivity index (χ0n) is 7.27. The maximum atomic E-state index is 5.11. The van der Waals surface area contributed by atoms with Crippen LogP contribution in [0.3, 0.4) is 0 Å². The van der Waals surface area contributed by atoms with Crippen molar-refractivity contribution in [3.63, 3.8) is 0 Å². The van der Waals surface area contributed by atoms with Gasteiger partial charge < -0.3 is 4.74 Å². The summed E-state index contributed by atoms with van der Waals surface area (Å²) in [6.45, 7) is 3.69. The van der Waals surface area contributed by atoms with Gasteiger partial charge in [-0.25, -0.2) is 9.50 Å². The topological polar surface area (TPSA) is 39.4 Å². The van der Waals surface area contributed by atoms with Crippen molar-refractivity contribution in [2.75, 3.05) is 7.11 Å². The summed E-state index contributed by atoms with van der Waals surface area (Å²) in [7, 11) is 1.59. The van der Waals surface area contributed by atoms with Gasteiger partial charge in [-0.05, 0) is 0 Å². The second kappa shape index (κ2) is 2.90. The monoisotopic (exact) mass is 175 g/mol. The highest BCUT2D eigenvalue weighted by molar-refractivity contribution is 5.72. The largest absolute Gasteiger partial charge is 0.479 e. The van der Waals surface area contributed by atoms with E-state index in [1.165, 1.54) is 0 Å². The molecular weight excluding hydrogens is 166 g/mol. The maximum absolute atomic E-state index is 5.11. The van der Waals surface area contributed by atoms with E-state index in [2.05, 4.69) is 16.7 Å². The van der Waals surface area contributed by atoms with Crippen LogP contribution in [0.2, 0.25) is 0 Å². The third kappa shape index (κ3) is 1.07.